The summed E-state index contributed by atoms with van der Waals surface area (Å²) in [5, 5.41) is 7.97. The molecule has 68 valence electrons. The molecule has 0 saturated heterocycles. The van der Waals surface area contributed by atoms with E-state index in [2.05, 4.69) is 24.2 Å². The van der Waals surface area contributed by atoms with Crippen molar-refractivity contribution in [2.45, 2.75) is 39.3 Å². The fourth-order valence-electron chi connectivity index (χ4n) is 0.922. The van der Waals surface area contributed by atoms with Crippen LogP contribution < -0.4 is 5.73 Å². The first-order chi connectivity index (χ1) is 5.65. The van der Waals surface area contributed by atoms with Crippen LogP contribution in [0.25, 0.3) is 0 Å². The van der Waals surface area contributed by atoms with Gasteiger partial charge in [0.25, 0.3) is 0 Å². The van der Waals surface area contributed by atoms with Gasteiger partial charge in [-0.2, -0.15) is 0 Å². The SMILES string of the molecule is CCC(N)c1cn(C(C)C)nn1. The third kappa shape index (κ3) is 1.82. The fourth-order valence-corrected chi connectivity index (χ4v) is 0.922. The second kappa shape index (κ2) is 3.67. The van der Waals surface area contributed by atoms with Gasteiger partial charge < -0.3 is 5.73 Å². The Bertz CT molecular complexity index is 241. The van der Waals surface area contributed by atoms with Gasteiger partial charge in [-0.1, -0.05) is 12.1 Å². The molecule has 0 bridgehead atoms. The Labute approximate surface area is 72.8 Å². The van der Waals surface area contributed by atoms with Crippen LogP contribution in [0.4, 0.5) is 0 Å². The lowest BCUT2D eigenvalue weighted by Crippen LogP contribution is -2.08. The van der Waals surface area contributed by atoms with Crippen molar-refractivity contribution in [3.63, 3.8) is 0 Å². The van der Waals surface area contributed by atoms with Gasteiger partial charge >= 0.3 is 0 Å². The van der Waals surface area contributed by atoms with Crippen molar-refractivity contribution in [3.05, 3.63) is 11.9 Å². The molecule has 0 saturated carbocycles. The van der Waals surface area contributed by atoms with Crippen LogP contribution in [-0.2, 0) is 0 Å². The molecule has 4 heteroatoms. The van der Waals surface area contributed by atoms with Crippen molar-refractivity contribution in [1.29, 1.82) is 0 Å². The highest BCUT2D eigenvalue weighted by Gasteiger charge is 2.08. The Kier molecular flexibility index (Phi) is 2.81. The molecule has 2 N–H and O–H groups in total. The zero-order valence-corrected chi connectivity index (χ0v) is 7.86. The van der Waals surface area contributed by atoms with Crippen LogP contribution in [-0.4, -0.2) is 15.0 Å². The van der Waals surface area contributed by atoms with Gasteiger partial charge in [0.05, 0.1) is 17.9 Å². The lowest BCUT2D eigenvalue weighted by molar-refractivity contribution is 0.514. The first-order valence-corrected chi connectivity index (χ1v) is 4.32. The molecule has 0 aliphatic carbocycles. The van der Waals surface area contributed by atoms with E-state index >= 15 is 0 Å². The number of hydrogen-bond donors (Lipinski definition) is 1. The zero-order chi connectivity index (χ0) is 9.14. The largest absolute Gasteiger partial charge is 0.323 e. The van der Waals surface area contributed by atoms with E-state index < -0.39 is 0 Å². The van der Waals surface area contributed by atoms with Crippen molar-refractivity contribution in [3.8, 4) is 0 Å². The number of rotatable bonds is 3. The van der Waals surface area contributed by atoms with E-state index in [1.165, 1.54) is 0 Å². The summed E-state index contributed by atoms with van der Waals surface area (Å²) in [6.45, 7) is 6.17. The summed E-state index contributed by atoms with van der Waals surface area (Å²) in [6, 6.07) is 0.382. The maximum Gasteiger partial charge on any atom is 0.0994 e. The van der Waals surface area contributed by atoms with Crippen LogP contribution in [0.5, 0.6) is 0 Å². The van der Waals surface area contributed by atoms with Gasteiger partial charge in [0.2, 0.25) is 0 Å². The Morgan fingerprint density at radius 1 is 1.58 bits per heavy atom. The summed E-state index contributed by atoms with van der Waals surface area (Å²) >= 11 is 0. The third-order valence-electron chi connectivity index (χ3n) is 1.88. The molecule has 0 aromatic carbocycles. The maximum atomic E-state index is 5.79. The van der Waals surface area contributed by atoms with Crippen molar-refractivity contribution in [2.24, 2.45) is 5.73 Å². The topological polar surface area (TPSA) is 56.7 Å². The monoisotopic (exact) mass is 168 g/mol. The van der Waals surface area contributed by atoms with E-state index in [0.29, 0.717) is 6.04 Å². The van der Waals surface area contributed by atoms with Crippen LogP contribution in [0, 0.1) is 0 Å². The minimum absolute atomic E-state index is 0.0255. The molecule has 0 aliphatic heterocycles. The third-order valence-corrected chi connectivity index (χ3v) is 1.88. The molecule has 1 atom stereocenters. The van der Waals surface area contributed by atoms with E-state index in [1.807, 2.05) is 17.8 Å². The van der Waals surface area contributed by atoms with Gasteiger partial charge in [-0.05, 0) is 20.3 Å². The molecule has 0 amide bonds. The average molecular weight is 168 g/mol. The zero-order valence-electron chi connectivity index (χ0n) is 7.86. The molecule has 0 fully saturated rings. The van der Waals surface area contributed by atoms with Crippen LogP contribution in [0.15, 0.2) is 6.20 Å². The van der Waals surface area contributed by atoms with Crippen molar-refractivity contribution >= 4 is 0 Å². The number of aromatic nitrogens is 3. The van der Waals surface area contributed by atoms with Gasteiger partial charge in [-0.3, -0.25) is 0 Å². The summed E-state index contributed by atoms with van der Waals surface area (Å²) in [7, 11) is 0. The Morgan fingerprint density at radius 3 is 2.67 bits per heavy atom. The predicted molar refractivity (Wildman–Crippen MR) is 47.6 cm³/mol. The van der Waals surface area contributed by atoms with E-state index in [0.717, 1.165) is 12.1 Å². The summed E-state index contributed by atoms with van der Waals surface area (Å²) in [4.78, 5) is 0. The van der Waals surface area contributed by atoms with E-state index in [9.17, 15) is 0 Å². The van der Waals surface area contributed by atoms with Gasteiger partial charge in [0.1, 0.15) is 0 Å². The highest BCUT2D eigenvalue weighted by molar-refractivity contribution is 4.99. The van der Waals surface area contributed by atoms with E-state index in [-0.39, 0.29) is 6.04 Å². The first kappa shape index (κ1) is 9.19. The Morgan fingerprint density at radius 2 is 2.25 bits per heavy atom. The van der Waals surface area contributed by atoms with E-state index in [1.54, 1.807) is 0 Å². The predicted octanol–water partition coefficient (Wildman–Crippen LogP) is 1.27. The van der Waals surface area contributed by atoms with Crippen LogP contribution in [0.3, 0.4) is 0 Å². The summed E-state index contributed by atoms with van der Waals surface area (Å²) in [6.07, 6.45) is 2.82. The van der Waals surface area contributed by atoms with Crippen molar-refractivity contribution in [2.75, 3.05) is 0 Å². The highest BCUT2D eigenvalue weighted by Crippen LogP contribution is 2.11. The number of nitrogens with two attached hydrogens (primary N) is 1. The lowest BCUT2D eigenvalue weighted by Gasteiger charge is -2.03. The average Bonchev–Trinajstić information content (AvgIpc) is 2.51. The molecule has 1 aromatic heterocycles. The standard InChI is InChI=1S/C8H16N4/c1-4-7(9)8-5-12(6(2)3)11-10-8/h5-7H,4,9H2,1-3H3. The molecular formula is C8H16N4. The second-order valence-corrected chi connectivity index (χ2v) is 3.23. The van der Waals surface area contributed by atoms with E-state index in [4.69, 9.17) is 5.73 Å². The van der Waals surface area contributed by atoms with Crippen LogP contribution >= 0.6 is 0 Å². The molecule has 12 heavy (non-hydrogen) atoms. The number of nitrogens with zero attached hydrogens (tertiary/aromatic N) is 3. The van der Waals surface area contributed by atoms with Crippen LogP contribution in [0.2, 0.25) is 0 Å². The molecule has 1 heterocycles. The summed E-state index contributed by atoms with van der Waals surface area (Å²) < 4.78 is 1.82. The molecule has 4 nitrogen and oxygen atoms in total. The minimum Gasteiger partial charge on any atom is -0.323 e. The molecule has 1 unspecified atom stereocenters. The Balaban J connectivity index is 2.77. The first-order valence-electron chi connectivity index (χ1n) is 4.32. The molecule has 1 rings (SSSR count). The van der Waals surface area contributed by atoms with Gasteiger partial charge in [0.15, 0.2) is 0 Å². The summed E-state index contributed by atoms with van der Waals surface area (Å²) in [5.41, 5.74) is 6.67. The lowest BCUT2D eigenvalue weighted by atomic mass is 10.2. The summed E-state index contributed by atoms with van der Waals surface area (Å²) in [5.74, 6) is 0. The van der Waals surface area contributed by atoms with Gasteiger partial charge in [-0.15, -0.1) is 5.10 Å². The highest BCUT2D eigenvalue weighted by atomic mass is 15.4. The molecule has 0 spiro atoms. The molecule has 1 aromatic rings. The normalized spacial score (nSPS) is 13.8. The minimum atomic E-state index is 0.0255. The molecular weight excluding hydrogens is 152 g/mol. The van der Waals surface area contributed by atoms with Gasteiger partial charge in [-0.25, -0.2) is 4.68 Å². The Hall–Kier alpha value is -0.900. The van der Waals surface area contributed by atoms with Crippen molar-refractivity contribution < 1.29 is 0 Å². The quantitative estimate of drug-likeness (QED) is 0.739. The van der Waals surface area contributed by atoms with Gasteiger partial charge in [0, 0.05) is 6.04 Å². The number of hydrogen-bond acceptors (Lipinski definition) is 3. The molecule has 0 radical (unpaired) electrons. The second-order valence-electron chi connectivity index (χ2n) is 3.23. The maximum absolute atomic E-state index is 5.79. The van der Waals surface area contributed by atoms with Crippen molar-refractivity contribution in [1.82, 2.24) is 15.0 Å². The molecule has 0 aliphatic rings. The fraction of sp³-hybridized carbons (Fsp3) is 0.750. The van der Waals surface area contributed by atoms with Crippen LogP contribution in [0.1, 0.15) is 45.0 Å². The smallest absolute Gasteiger partial charge is 0.0994 e.